The Labute approximate surface area is 126 Å². The summed E-state index contributed by atoms with van der Waals surface area (Å²) >= 11 is 6.36. The molecule has 20 heavy (non-hydrogen) atoms. The van der Waals surface area contributed by atoms with Crippen LogP contribution in [0.1, 0.15) is 32.3 Å². The van der Waals surface area contributed by atoms with Crippen LogP contribution in [0.25, 0.3) is 0 Å². The van der Waals surface area contributed by atoms with Crippen LogP contribution in [0.4, 0.5) is 5.69 Å². The van der Waals surface area contributed by atoms with E-state index in [0.717, 1.165) is 42.2 Å². The zero-order valence-corrected chi connectivity index (χ0v) is 13.3. The van der Waals surface area contributed by atoms with Gasteiger partial charge in [0, 0.05) is 36.9 Å². The first-order chi connectivity index (χ1) is 9.45. The lowest BCUT2D eigenvalue weighted by Gasteiger charge is -2.35. The topological polar surface area (TPSA) is 35.5 Å². The fourth-order valence-electron chi connectivity index (χ4n) is 2.57. The first-order valence-electron chi connectivity index (χ1n) is 7.36. The second-order valence-electron chi connectivity index (χ2n) is 6.18. The predicted octanol–water partition coefficient (Wildman–Crippen LogP) is 3.05. The summed E-state index contributed by atoms with van der Waals surface area (Å²) in [6, 6.07) is 6.71. The third kappa shape index (κ3) is 4.11. The number of aliphatic hydroxyl groups excluding tert-OH is 1. The van der Waals surface area contributed by atoms with Gasteiger partial charge in [-0.2, -0.15) is 0 Å². The molecule has 1 aliphatic rings. The number of rotatable bonds is 6. The Hall–Kier alpha value is -0.770. The number of nitrogens with zero attached hydrogens (tertiary/aromatic N) is 1. The van der Waals surface area contributed by atoms with Crippen molar-refractivity contribution in [2.24, 2.45) is 5.92 Å². The third-order valence-electron chi connectivity index (χ3n) is 3.92. The quantitative estimate of drug-likeness (QED) is 0.847. The minimum Gasteiger partial charge on any atom is -0.393 e. The summed E-state index contributed by atoms with van der Waals surface area (Å²) in [6.07, 6.45) is 1.77. The number of benzene rings is 1. The van der Waals surface area contributed by atoms with E-state index in [-0.39, 0.29) is 6.10 Å². The van der Waals surface area contributed by atoms with Gasteiger partial charge in [0.05, 0.1) is 6.10 Å². The molecule has 0 heterocycles. The number of hydrogen-bond acceptors (Lipinski definition) is 3. The van der Waals surface area contributed by atoms with Crippen LogP contribution in [0, 0.1) is 5.92 Å². The van der Waals surface area contributed by atoms with Crippen LogP contribution >= 0.6 is 11.6 Å². The van der Waals surface area contributed by atoms with Crippen molar-refractivity contribution in [1.29, 1.82) is 0 Å². The van der Waals surface area contributed by atoms with Gasteiger partial charge in [0.2, 0.25) is 0 Å². The summed E-state index contributed by atoms with van der Waals surface area (Å²) in [5.74, 6) is 0.607. The van der Waals surface area contributed by atoms with Gasteiger partial charge >= 0.3 is 0 Å². The molecule has 1 saturated carbocycles. The highest BCUT2D eigenvalue weighted by atomic mass is 35.5. The summed E-state index contributed by atoms with van der Waals surface area (Å²) in [5, 5.41) is 13.5. The van der Waals surface area contributed by atoms with Crippen LogP contribution in [0.3, 0.4) is 0 Å². The van der Waals surface area contributed by atoms with Gasteiger partial charge < -0.3 is 15.3 Å². The van der Waals surface area contributed by atoms with Crippen molar-refractivity contribution in [3.63, 3.8) is 0 Å². The summed E-state index contributed by atoms with van der Waals surface area (Å²) in [7, 11) is 2.09. The molecule has 0 unspecified atom stereocenters. The molecule has 0 amide bonds. The van der Waals surface area contributed by atoms with Gasteiger partial charge in [0.15, 0.2) is 0 Å². The lowest BCUT2D eigenvalue weighted by Crippen LogP contribution is -2.37. The van der Waals surface area contributed by atoms with E-state index >= 15 is 0 Å². The Morgan fingerprint density at radius 3 is 2.65 bits per heavy atom. The van der Waals surface area contributed by atoms with Crippen molar-refractivity contribution in [3.05, 3.63) is 28.8 Å². The first-order valence-corrected chi connectivity index (χ1v) is 7.74. The fraction of sp³-hybridized carbons (Fsp3) is 0.625. The Morgan fingerprint density at radius 1 is 1.40 bits per heavy atom. The molecule has 0 atom stereocenters. The maximum absolute atomic E-state index is 9.34. The molecule has 0 aromatic heterocycles. The van der Waals surface area contributed by atoms with Crippen molar-refractivity contribution in [2.75, 3.05) is 18.5 Å². The van der Waals surface area contributed by atoms with Crippen LogP contribution in [0.15, 0.2) is 18.2 Å². The van der Waals surface area contributed by atoms with E-state index in [0.29, 0.717) is 12.0 Å². The number of hydrogen-bond donors (Lipinski definition) is 2. The Kier molecular flexibility index (Phi) is 5.30. The van der Waals surface area contributed by atoms with Crippen LogP contribution in [-0.4, -0.2) is 30.8 Å². The van der Waals surface area contributed by atoms with E-state index in [1.807, 2.05) is 6.07 Å². The fourth-order valence-corrected chi connectivity index (χ4v) is 2.81. The largest absolute Gasteiger partial charge is 0.393 e. The maximum atomic E-state index is 9.34. The summed E-state index contributed by atoms with van der Waals surface area (Å²) in [6.45, 7) is 6.04. The van der Waals surface area contributed by atoms with Gasteiger partial charge in [-0.3, -0.25) is 0 Å². The molecule has 1 aromatic carbocycles. The number of nitrogens with one attached hydrogen (secondary N) is 1. The minimum atomic E-state index is -0.0820. The van der Waals surface area contributed by atoms with E-state index in [9.17, 15) is 5.11 Å². The van der Waals surface area contributed by atoms with Crippen molar-refractivity contribution in [2.45, 2.75) is 45.4 Å². The number of anilines is 1. The molecule has 112 valence electrons. The standard InChI is InChI=1S/C16H25ClN2O/c1-11(2)18-9-13-4-5-14(8-16(13)17)19(3)10-12-6-15(20)7-12/h4-5,8,11-12,15,18,20H,6-7,9-10H2,1-3H3. The Balaban J connectivity index is 1.93. The van der Waals surface area contributed by atoms with Crippen molar-refractivity contribution in [1.82, 2.24) is 5.32 Å². The smallest absolute Gasteiger partial charge is 0.0546 e. The lowest BCUT2D eigenvalue weighted by atomic mass is 9.82. The molecular formula is C16H25ClN2O. The molecule has 0 spiro atoms. The predicted molar refractivity (Wildman–Crippen MR) is 85.4 cm³/mol. The molecule has 0 radical (unpaired) electrons. The lowest BCUT2D eigenvalue weighted by molar-refractivity contribution is 0.0465. The molecule has 1 aromatic rings. The van der Waals surface area contributed by atoms with Gasteiger partial charge in [-0.1, -0.05) is 31.5 Å². The second-order valence-corrected chi connectivity index (χ2v) is 6.59. The molecule has 3 nitrogen and oxygen atoms in total. The van der Waals surface area contributed by atoms with Gasteiger partial charge in [-0.05, 0) is 36.5 Å². The van der Waals surface area contributed by atoms with E-state index < -0.39 is 0 Å². The molecular weight excluding hydrogens is 272 g/mol. The monoisotopic (exact) mass is 296 g/mol. The van der Waals surface area contributed by atoms with Crippen LogP contribution in [0.2, 0.25) is 5.02 Å². The van der Waals surface area contributed by atoms with Crippen molar-refractivity contribution < 1.29 is 5.11 Å². The Bertz CT molecular complexity index is 444. The van der Waals surface area contributed by atoms with E-state index in [1.165, 1.54) is 0 Å². The average Bonchev–Trinajstić information content (AvgIpc) is 2.35. The van der Waals surface area contributed by atoms with Gasteiger partial charge in [0.1, 0.15) is 0 Å². The molecule has 0 aliphatic heterocycles. The van der Waals surface area contributed by atoms with Gasteiger partial charge in [-0.25, -0.2) is 0 Å². The van der Waals surface area contributed by atoms with Gasteiger partial charge in [0.25, 0.3) is 0 Å². The molecule has 4 heteroatoms. The molecule has 2 rings (SSSR count). The zero-order valence-electron chi connectivity index (χ0n) is 12.6. The minimum absolute atomic E-state index is 0.0820. The van der Waals surface area contributed by atoms with Crippen LogP contribution in [-0.2, 0) is 6.54 Å². The van der Waals surface area contributed by atoms with E-state index in [1.54, 1.807) is 0 Å². The molecule has 0 bridgehead atoms. The van der Waals surface area contributed by atoms with E-state index in [2.05, 4.69) is 43.2 Å². The second kappa shape index (κ2) is 6.79. The van der Waals surface area contributed by atoms with Crippen LogP contribution in [0.5, 0.6) is 0 Å². The highest BCUT2D eigenvalue weighted by molar-refractivity contribution is 6.31. The van der Waals surface area contributed by atoms with Gasteiger partial charge in [-0.15, -0.1) is 0 Å². The average molecular weight is 297 g/mol. The molecule has 1 fully saturated rings. The highest BCUT2D eigenvalue weighted by Crippen LogP contribution is 2.30. The number of halogens is 1. The SMILES string of the molecule is CC(C)NCc1ccc(N(C)CC2CC(O)C2)cc1Cl. The number of aliphatic hydroxyl groups is 1. The Morgan fingerprint density at radius 2 is 2.10 bits per heavy atom. The van der Waals surface area contributed by atoms with Crippen molar-refractivity contribution in [3.8, 4) is 0 Å². The molecule has 2 N–H and O–H groups in total. The summed E-state index contributed by atoms with van der Waals surface area (Å²) in [5.41, 5.74) is 2.28. The zero-order chi connectivity index (χ0) is 14.7. The highest BCUT2D eigenvalue weighted by Gasteiger charge is 2.28. The normalized spacial score (nSPS) is 21.9. The maximum Gasteiger partial charge on any atom is 0.0546 e. The van der Waals surface area contributed by atoms with E-state index in [4.69, 9.17) is 11.6 Å². The summed E-state index contributed by atoms with van der Waals surface area (Å²) in [4.78, 5) is 2.22. The summed E-state index contributed by atoms with van der Waals surface area (Å²) < 4.78 is 0. The molecule has 1 aliphatic carbocycles. The third-order valence-corrected chi connectivity index (χ3v) is 4.27. The molecule has 0 saturated heterocycles. The first kappa shape index (κ1) is 15.6. The van der Waals surface area contributed by atoms with Crippen molar-refractivity contribution >= 4 is 17.3 Å². The van der Waals surface area contributed by atoms with Crippen LogP contribution < -0.4 is 10.2 Å².